The number of halogens is 1. The molecule has 1 rings (SSSR count). The van der Waals surface area contributed by atoms with Crippen LogP contribution in [-0.2, 0) is 0 Å². The Morgan fingerprint density at radius 1 is 1.82 bits per heavy atom. The van der Waals surface area contributed by atoms with E-state index in [0.717, 1.165) is 0 Å². The van der Waals surface area contributed by atoms with Crippen molar-refractivity contribution in [3.05, 3.63) is 34.2 Å². The second kappa shape index (κ2) is 2.92. The molecule has 0 saturated carbocycles. The molecular formula is C6H7ClN2O2. The van der Waals surface area contributed by atoms with E-state index in [1.54, 1.807) is 24.2 Å². The van der Waals surface area contributed by atoms with E-state index in [2.05, 4.69) is 0 Å². The van der Waals surface area contributed by atoms with Crippen LogP contribution < -0.4 is 0 Å². The van der Waals surface area contributed by atoms with E-state index in [1.165, 1.54) is 6.08 Å². The Bertz CT molecular complexity index is 237. The number of nitrogens with zero attached hydrogens (tertiary/aromatic N) is 2. The molecule has 0 bridgehead atoms. The highest BCUT2D eigenvalue weighted by molar-refractivity contribution is 6.22. The van der Waals surface area contributed by atoms with E-state index in [1.807, 2.05) is 0 Å². The number of allylic oxidation sites excluding steroid dienone is 2. The zero-order valence-electron chi connectivity index (χ0n) is 5.90. The maximum absolute atomic E-state index is 10.3. The lowest BCUT2D eigenvalue weighted by Crippen LogP contribution is -2.28. The molecule has 0 aromatic heterocycles. The fraction of sp³-hybridized carbons (Fsp3) is 0.333. The zero-order chi connectivity index (χ0) is 8.43. The summed E-state index contributed by atoms with van der Waals surface area (Å²) in [5.74, 6) is 0. The molecule has 1 unspecified atom stereocenters. The molecule has 0 aromatic rings. The molecule has 1 aliphatic rings. The van der Waals surface area contributed by atoms with Crippen LogP contribution in [-0.4, -0.2) is 22.4 Å². The number of alkyl halides is 1. The van der Waals surface area contributed by atoms with E-state index in [4.69, 9.17) is 11.6 Å². The van der Waals surface area contributed by atoms with Crippen LogP contribution in [0.15, 0.2) is 24.0 Å². The molecular weight excluding hydrogens is 168 g/mol. The lowest BCUT2D eigenvalue weighted by molar-refractivity contribution is -0.429. The molecule has 0 fully saturated rings. The number of rotatable bonds is 1. The molecule has 4 nitrogen and oxygen atoms in total. The van der Waals surface area contributed by atoms with Crippen LogP contribution in [0.3, 0.4) is 0 Å². The first-order valence-electron chi connectivity index (χ1n) is 3.01. The van der Waals surface area contributed by atoms with Crippen LogP contribution in [0.5, 0.6) is 0 Å². The van der Waals surface area contributed by atoms with E-state index >= 15 is 0 Å². The van der Waals surface area contributed by atoms with Gasteiger partial charge in [0, 0.05) is 19.3 Å². The average molecular weight is 175 g/mol. The first-order valence-corrected chi connectivity index (χ1v) is 3.45. The first-order chi connectivity index (χ1) is 5.13. The minimum absolute atomic E-state index is 0.0108. The van der Waals surface area contributed by atoms with E-state index in [9.17, 15) is 10.1 Å². The molecule has 0 spiro atoms. The maximum atomic E-state index is 10.3. The maximum Gasteiger partial charge on any atom is 0.283 e. The third kappa shape index (κ3) is 1.51. The Morgan fingerprint density at radius 3 is 2.91 bits per heavy atom. The molecule has 60 valence electrons. The van der Waals surface area contributed by atoms with Gasteiger partial charge in [-0.3, -0.25) is 10.1 Å². The number of likely N-dealkylation sites (N-methyl/N-ethyl adjacent to an activating group) is 1. The summed E-state index contributed by atoms with van der Waals surface area (Å²) in [6.07, 6.45) is 4.68. The van der Waals surface area contributed by atoms with Gasteiger partial charge >= 0.3 is 0 Å². The summed E-state index contributed by atoms with van der Waals surface area (Å²) in [6.45, 7) is 0. The van der Waals surface area contributed by atoms with Gasteiger partial charge < -0.3 is 4.90 Å². The van der Waals surface area contributed by atoms with E-state index in [-0.39, 0.29) is 5.70 Å². The average Bonchev–Trinajstić information content (AvgIpc) is 1.94. The van der Waals surface area contributed by atoms with Crippen LogP contribution >= 0.6 is 11.6 Å². The van der Waals surface area contributed by atoms with Gasteiger partial charge in [-0.05, 0) is 6.08 Å². The Kier molecular flexibility index (Phi) is 2.14. The minimum atomic E-state index is -0.657. The van der Waals surface area contributed by atoms with Crippen molar-refractivity contribution in [2.24, 2.45) is 0 Å². The van der Waals surface area contributed by atoms with Crippen molar-refractivity contribution < 1.29 is 4.92 Å². The predicted octanol–water partition coefficient (Wildman–Crippen LogP) is 1.17. The summed E-state index contributed by atoms with van der Waals surface area (Å²) < 4.78 is 0. The summed E-state index contributed by atoms with van der Waals surface area (Å²) in [5.41, 5.74) is -0.647. The Labute approximate surface area is 68.9 Å². The molecule has 0 radical (unpaired) electrons. The van der Waals surface area contributed by atoms with Gasteiger partial charge in [-0.1, -0.05) is 11.6 Å². The van der Waals surface area contributed by atoms with Gasteiger partial charge in [-0.15, -0.1) is 0 Å². The Balaban J connectivity index is 2.87. The third-order valence-corrected chi connectivity index (χ3v) is 1.93. The number of hydrogen-bond donors (Lipinski definition) is 0. The fourth-order valence-corrected chi connectivity index (χ4v) is 1.01. The first kappa shape index (κ1) is 8.07. The van der Waals surface area contributed by atoms with Gasteiger partial charge in [0.2, 0.25) is 0 Å². The third-order valence-electron chi connectivity index (χ3n) is 1.40. The molecule has 0 aromatic carbocycles. The molecule has 0 aliphatic carbocycles. The van der Waals surface area contributed by atoms with Crippen LogP contribution in [0.25, 0.3) is 0 Å². The lowest BCUT2D eigenvalue weighted by atomic mass is 10.3. The monoisotopic (exact) mass is 174 g/mol. The predicted molar refractivity (Wildman–Crippen MR) is 41.6 cm³/mol. The highest BCUT2D eigenvalue weighted by Gasteiger charge is 2.26. The van der Waals surface area contributed by atoms with Crippen LogP contribution in [0.1, 0.15) is 0 Å². The quantitative estimate of drug-likeness (QED) is 0.260. The summed E-state index contributed by atoms with van der Waals surface area (Å²) in [6, 6.07) is 0. The zero-order valence-corrected chi connectivity index (χ0v) is 6.65. The van der Waals surface area contributed by atoms with Crippen molar-refractivity contribution in [3.63, 3.8) is 0 Å². The second-order valence-electron chi connectivity index (χ2n) is 2.19. The van der Waals surface area contributed by atoms with E-state index < -0.39 is 10.4 Å². The number of hydrogen-bond acceptors (Lipinski definition) is 3. The topological polar surface area (TPSA) is 46.4 Å². The Hall–Kier alpha value is -1.03. The standard InChI is InChI=1S/C6H7ClN2O2/c1-8-4-2-3-5(6(8)7)9(10)11/h2-4,6H,1H3. The number of nitro groups is 1. The van der Waals surface area contributed by atoms with Crippen molar-refractivity contribution in [1.29, 1.82) is 0 Å². The summed E-state index contributed by atoms with van der Waals surface area (Å²) in [4.78, 5) is 11.4. The molecule has 0 amide bonds. The summed E-state index contributed by atoms with van der Waals surface area (Å²) >= 11 is 5.69. The summed E-state index contributed by atoms with van der Waals surface area (Å²) in [7, 11) is 1.69. The summed E-state index contributed by atoms with van der Waals surface area (Å²) in [5, 5.41) is 10.3. The second-order valence-corrected chi connectivity index (χ2v) is 2.60. The molecule has 1 aliphatic heterocycles. The highest BCUT2D eigenvalue weighted by atomic mass is 35.5. The normalized spacial score (nSPS) is 23.3. The molecule has 1 atom stereocenters. The van der Waals surface area contributed by atoms with Gasteiger partial charge in [0.25, 0.3) is 5.70 Å². The van der Waals surface area contributed by atoms with Gasteiger partial charge in [0.15, 0.2) is 5.50 Å². The Morgan fingerprint density at radius 2 is 2.45 bits per heavy atom. The van der Waals surface area contributed by atoms with Crippen LogP contribution in [0.2, 0.25) is 0 Å². The van der Waals surface area contributed by atoms with Crippen molar-refractivity contribution in [2.75, 3.05) is 7.05 Å². The smallest absolute Gasteiger partial charge is 0.283 e. The molecule has 0 N–H and O–H groups in total. The van der Waals surface area contributed by atoms with Gasteiger partial charge in [0.1, 0.15) is 0 Å². The van der Waals surface area contributed by atoms with Crippen molar-refractivity contribution >= 4 is 11.6 Å². The lowest BCUT2D eigenvalue weighted by Gasteiger charge is -2.20. The van der Waals surface area contributed by atoms with Crippen molar-refractivity contribution in [1.82, 2.24) is 4.90 Å². The SMILES string of the molecule is CN1C=CC=C([N+](=O)[O-])C1Cl. The van der Waals surface area contributed by atoms with Crippen LogP contribution in [0, 0.1) is 10.1 Å². The van der Waals surface area contributed by atoms with Crippen molar-refractivity contribution in [3.8, 4) is 0 Å². The molecule has 5 heteroatoms. The molecule has 0 saturated heterocycles. The molecule has 11 heavy (non-hydrogen) atoms. The van der Waals surface area contributed by atoms with Crippen LogP contribution in [0.4, 0.5) is 0 Å². The van der Waals surface area contributed by atoms with Gasteiger partial charge in [-0.2, -0.15) is 0 Å². The van der Waals surface area contributed by atoms with Gasteiger partial charge in [-0.25, -0.2) is 0 Å². The van der Waals surface area contributed by atoms with E-state index in [0.29, 0.717) is 0 Å². The van der Waals surface area contributed by atoms with Gasteiger partial charge in [0.05, 0.1) is 4.92 Å². The fourth-order valence-electron chi connectivity index (χ4n) is 0.789. The molecule has 1 heterocycles. The largest absolute Gasteiger partial charge is 0.356 e. The highest BCUT2D eigenvalue weighted by Crippen LogP contribution is 2.18. The van der Waals surface area contributed by atoms with Crippen molar-refractivity contribution in [2.45, 2.75) is 5.50 Å². The minimum Gasteiger partial charge on any atom is -0.356 e.